The molecule has 116 valence electrons. The smallest absolute Gasteiger partial charge is 0.251 e. The van der Waals surface area contributed by atoms with E-state index in [-0.39, 0.29) is 11.5 Å². The fourth-order valence-electron chi connectivity index (χ4n) is 1.93. The Kier molecular flexibility index (Phi) is 5.47. The molecule has 0 fully saturated rings. The first-order valence-corrected chi connectivity index (χ1v) is 7.19. The number of amides is 1. The van der Waals surface area contributed by atoms with Gasteiger partial charge in [0.1, 0.15) is 12.4 Å². The molecule has 1 N–H and O–H groups in total. The summed E-state index contributed by atoms with van der Waals surface area (Å²) in [4.78, 5) is 15.2. The van der Waals surface area contributed by atoms with Crippen molar-refractivity contribution in [1.82, 2.24) is 10.3 Å². The van der Waals surface area contributed by atoms with Crippen LogP contribution in [0.15, 0.2) is 42.6 Å². The molecular formula is C17H19FN2O2. The van der Waals surface area contributed by atoms with E-state index in [2.05, 4.69) is 24.1 Å². The van der Waals surface area contributed by atoms with Crippen molar-refractivity contribution in [3.05, 3.63) is 59.7 Å². The van der Waals surface area contributed by atoms with E-state index < -0.39 is 5.95 Å². The number of hydrogen-bond donors (Lipinski definition) is 1. The fourth-order valence-corrected chi connectivity index (χ4v) is 1.93. The van der Waals surface area contributed by atoms with Crippen LogP contribution in [0.4, 0.5) is 4.39 Å². The minimum absolute atomic E-state index is 0.244. The molecule has 0 spiro atoms. The second kappa shape index (κ2) is 7.54. The molecule has 0 aliphatic carbocycles. The quantitative estimate of drug-likeness (QED) is 0.659. The van der Waals surface area contributed by atoms with E-state index in [1.165, 1.54) is 17.8 Å². The van der Waals surface area contributed by atoms with Crippen molar-refractivity contribution >= 4 is 5.91 Å². The van der Waals surface area contributed by atoms with Crippen molar-refractivity contribution in [2.45, 2.75) is 19.8 Å². The van der Waals surface area contributed by atoms with Crippen molar-refractivity contribution in [2.75, 3.05) is 13.2 Å². The van der Waals surface area contributed by atoms with Crippen molar-refractivity contribution < 1.29 is 13.9 Å². The van der Waals surface area contributed by atoms with E-state index in [9.17, 15) is 9.18 Å². The van der Waals surface area contributed by atoms with Gasteiger partial charge in [-0.2, -0.15) is 4.39 Å². The lowest BCUT2D eigenvalue weighted by atomic mass is 10.0. The van der Waals surface area contributed by atoms with Crippen LogP contribution in [-0.4, -0.2) is 24.0 Å². The van der Waals surface area contributed by atoms with E-state index in [4.69, 9.17) is 4.74 Å². The lowest BCUT2D eigenvalue weighted by Crippen LogP contribution is -2.28. The molecule has 0 saturated carbocycles. The van der Waals surface area contributed by atoms with Gasteiger partial charge in [-0.1, -0.05) is 26.0 Å². The van der Waals surface area contributed by atoms with Crippen molar-refractivity contribution in [1.29, 1.82) is 0 Å². The van der Waals surface area contributed by atoms with Crippen LogP contribution >= 0.6 is 0 Å². The molecule has 0 unspecified atom stereocenters. The highest BCUT2D eigenvalue weighted by atomic mass is 19.1. The maximum atomic E-state index is 12.9. The molecule has 1 aromatic carbocycles. The number of rotatable bonds is 6. The second-order valence-corrected chi connectivity index (χ2v) is 5.20. The Bertz CT molecular complexity index is 627. The number of pyridine rings is 1. The zero-order valence-electron chi connectivity index (χ0n) is 12.7. The van der Waals surface area contributed by atoms with Crippen LogP contribution in [0.5, 0.6) is 5.75 Å². The van der Waals surface area contributed by atoms with E-state index in [1.54, 1.807) is 0 Å². The molecule has 1 aromatic heterocycles. The van der Waals surface area contributed by atoms with Gasteiger partial charge >= 0.3 is 0 Å². The maximum Gasteiger partial charge on any atom is 0.251 e. The molecule has 5 heteroatoms. The molecule has 0 aliphatic rings. The number of nitrogens with zero attached hydrogens (tertiary/aromatic N) is 1. The number of aromatic nitrogens is 1. The lowest BCUT2D eigenvalue weighted by Gasteiger charge is -2.09. The fraction of sp³-hybridized carbons (Fsp3) is 0.294. The Labute approximate surface area is 129 Å². The highest BCUT2D eigenvalue weighted by Crippen LogP contribution is 2.18. The normalized spacial score (nSPS) is 10.5. The molecule has 2 rings (SSSR count). The van der Waals surface area contributed by atoms with Crippen LogP contribution < -0.4 is 10.1 Å². The highest BCUT2D eigenvalue weighted by molar-refractivity contribution is 5.93. The zero-order valence-corrected chi connectivity index (χ0v) is 12.7. The van der Waals surface area contributed by atoms with Crippen molar-refractivity contribution in [2.24, 2.45) is 0 Å². The highest BCUT2D eigenvalue weighted by Gasteiger charge is 2.06. The lowest BCUT2D eigenvalue weighted by molar-refractivity contribution is 0.0946. The predicted molar refractivity (Wildman–Crippen MR) is 82.6 cm³/mol. The topological polar surface area (TPSA) is 51.2 Å². The number of hydrogen-bond acceptors (Lipinski definition) is 3. The van der Waals surface area contributed by atoms with Crippen LogP contribution in [0.3, 0.4) is 0 Å². The summed E-state index contributed by atoms with van der Waals surface area (Å²) in [5.41, 5.74) is 1.49. The minimum Gasteiger partial charge on any atom is -0.492 e. The maximum absolute atomic E-state index is 12.9. The summed E-state index contributed by atoms with van der Waals surface area (Å²) >= 11 is 0. The first-order chi connectivity index (χ1) is 10.6. The van der Waals surface area contributed by atoms with Crippen LogP contribution in [0.2, 0.25) is 0 Å². The SMILES string of the molecule is CC(C)c1ccc(OCCNC(=O)c2ccnc(F)c2)cc1. The first-order valence-electron chi connectivity index (χ1n) is 7.19. The Morgan fingerprint density at radius 2 is 2.00 bits per heavy atom. The molecule has 4 nitrogen and oxygen atoms in total. The zero-order chi connectivity index (χ0) is 15.9. The van der Waals surface area contributed by atoms with Crippen LogP contribution in [0.1, 0.15) is 35.7 Å². The standard InChI is InChI=1S/C17H19FN2O2/c1-12(2)13-3-5-15(6-4-13)22-10-9-20-17(21)14-7-8-19-16(18)11-14/h3-8,11-12H,9-10H2,1-2H3,(H,20,21). The van der Waals surface area contributed by atoms with E-state index >= 15 is 0 Å². The summed E-state index contributed by atoms with van der Waals surface area (Å²) in [6.45, 7) is 4.95. The number of benzene rings is 1. The van der Waals surface area contributed by atoms with Crippen molar-refractivity contribution in [3.8, 4) is 5.75 Å². The monoisotopic (exact) mass is 302 g/mol. The number of ether oxygens (including phenoxy) is 1. The van der Waals surface area contributed by atoms with E-state index in [0.29, 0.717) is 19.1 Å². The Balaban J connectivity index is 1.76. The number of carbonyl (C=O) groups excluding carboxylic acids is 1. The third kappa shape index (κ3) is 4.55. The summed E-state index contributed by atoms with van der Waals surface area (Å²) in [5.74, 6) is 0.219. The van der Waals surface area contributed by atoms with Gasteiger partial charge in [0.25, 0.3) is 5.91 Å². The Morgan fingerprint density at radius 1 is 1.27 bits per heavy atom. The molecular weight excluding hydrogens is 283 g/mol. The minimum atomic E-state index is -0.672. The van der Waals surface area contributed by atoms with Gasteiger partial charge in [0.05, 0.1) is 6.54 Å². The molecule has 0 atom stereocenters. The first kappa shape index (κ1) is 15.9. The second-order valence-electron chi connectivity index (χ2n) is 5.20. The third-order valence-electron chi connectivity index (χ3n) is 3.19. The molecule has 0 aliphatic heterocycles. The summed E-state index contributed by atoms with van der Waals surface area (Å²) in [6.07, 6.45) is 1.26. The van der Waals surface area contributed by atoms with Crippen LogP contribution in [0.25, 0.3) is 0 Å². The molecule has 1 amide bonds. The molecule has 0 radical (unpaired) electrons. The molecule has 22 heavy (non-hydrogen) atoms. The third-order valence-corrected chi connectivity index (χ3v) is 3.19. The largest absolute Gasteiger partial charge is 0.492 e. The molecule has 1 heterocycles. The van der Waals surface area contributed by atoms with Gasteiger partial charge < -0.3 is 10.1 Å². The molecule has 0 saturated heterocycles. The summed E-state index contributed by atoms with van der Waals surface area (Å²) in [5, 5.41) is 2.67. The summed E-state index contributed by atoms with van der Waals surface area (Å²) in [7, 11) is 0. The average molecular weight is 302 g/mol. The van der Waals surface area contributed by atoms with E-state index in [0.717, 1.165) is 11.8 Å². The summed E-state index contributed by atoms with van der Waals surface area (Å²) < 4.78 is 18.5. The van der Waals surface area contributed by atoms with Gasteiger partial charge in [0.2, 0.25) is 5.95 Å². The molecule has 2 aromatic rings. The van der Waals surface area contributed by atoms with Gasteiger partial charge in [-0.3, -0.25) is 4.79 Å². The summed E-state index contributed by atoms with van der Waals surface area (Å²) in [6, 6.07) is 10.4. The Hall–Kier alpha value is -2.43. The number of carbonyl (C=O) groups is 1. The Morgan fingerprint density at radius 3 is 2.64 bits per heavy atom. The van der Waals surface area contributed by atoms with Gasteiger partial charge in [0, 0.05) is 17.8 Å². The van der Waals surface area contributed by atoms with Crippen molar-refractivity contribution in [3.63, 3.8) is 0 Å². The number of halogens is 1. The van der Waals surface area contributed by atoms with Gasteiger partial charge in [-0.25, -0.2) is 4.98 Å². The van der Waals surface area contributed by atoms with Crippen LogP contribution in [0, 0.1) is 5.95 Å². The molecule has 0 bridgehead atoms. The predicted octanol–water partition coefficient (Wildman–Crippen LogP) is 3.15. The van der Waals surface area contributed by atoms with Crippen LogP contribution in [-0.2, 0) is 0 Å². The average Bonchev–Trinajstić information content (AvgIpc) is 2.51. The van der Waals surface area contributed by atoms with E-state index in [1.807, 2.05) is 24.3 Å². The number of nitrogens with one attached hydrogen (secondary N) is 1. The van der Waals surface area contributed by atoms with Gasteiger partial charge in [-0.05, 0) is 29.7 Å². The van der Waals surface area contributed by atoms with Gasteiger partial charge in [0.15, 0.2) is 0 Å². The van der Waals surface area contributed by atoms with Gasteiger partial charge in [-0.15, -0.1) is 0 Å².